The van der Waals surface area contributed by atoms with E-state index in [1.165, 1.54) is 22.3 Å². The molecule has 1 amide bonds. The second kappa shape index (κ2) is 13.1. The van der Waals surface area contributed by atoms with Crippen molar-refractivity contribution >= 4 is 5.91 Å². The number of ether oxygens (including phenoxy) is 3. The Bertz CT molecular complexity index is 1210. The molecular weight excluding hydrogens is 500 g/mol. The van der Waals surface area contributed by atoms with Crippen LogP contribution in [0.2, 0.25) is 0 Å². The topological polar surface area (TPSA) is 51.2 Å². The van der Waals surface area contributed by atoms with Crippen molar-refractivity contribution in [2.24, 2.45) is 11.3 Å². The molecule has 40 heavy (non-hydrogen) atoms. The third-order valence-electron chi connectivity index (χ3n) is 8.42. The predicted octanol–water partition coefficient (Wildman–Crippen LogP) is 6.57. The van der Waals surface area contributed by atoms with E-state index in [9.17, 15) is 4.79 Å². The molecule has 6 nitrogen and oxygen atoms in total. The SMILES string of the molecule is CCCN1CCN(Cc2cc(C)cc(OC)c2)CCCC2=CC(C)(C)C3=C(C=C(OC)CC=C3OC)CC2C1=O. The van der Waals surface area contributed by atoms with Gasteiger partial charge in [-0.05, 0) is 80.1 Å². The number of fused-ring (bicyclic) bond motifs is 1. The van der Waals surface area contributed by atoms with E-state index in [1.807, 2.05) is 0 Å². The lowest BCUT2D eigenvalue weighted by Gasteiger charge is -2.33. The van der Waals surface area contributed by atoms with Crippen LogP contribution < -0.4 is 4.74 Å². The monoisotopic (exact) mass is 548 g/mol. The summed E-state index contributed by atoms with van der Waals surface area (Å²) in [7, 11) is 5.19. The van der Waals surface area contributed by atoms with Gasteiger partial charge in [0, 0.05) is 43.6 Å². The van der Waals surface area contributed by atoms with Gasteiger partial charge in [0.15, 0.2) is 0 Å². The summed E-state index contributed by atoms with van der Waals surface area (Å²) in [5.74, 6) is 2.77. The Morgan fingerprint density at radius 2 is 1.82 bits per heavy atom. The zero-order valence-corrected chi connectivity index (χ0v) is 25.6. The molecule has 1 aliphatic heterocycles. The van der Waals surface area contributed by atoms with E-state index in [1.54, 1.807) is 21.3 Å². The number of amides is 1. The van der Waals surface area contributed by atoms with E-state index in [0.29, 0.717) is 12.8 Å². The Hall–Kier alpha value is -2.99. The Morgan fingerprint density at radius 3 is 2.52 bits per heavy atom. The first-order valence-corrected chi connectivity index (χ1v) is 14.8. The summed E-state index contributed by atoms with van der Waals surface area (Å²) in [4.78, 5) is 18.9. The van der Waals surface area contributed by atoms with Crippen LogP contribution in [-0.2, 0) is 20.8 Å². The summed E-state index contributed by atoms with van der Waals surface area (Å²) >= 11 is 0. The lowest BCUT2D eigenvalue weighted by molar-refractivity contribution is -0.134. The Balaban J connectivity index is 1.68. The van der Waals surface area contributed by atoms with Crippen molar-refractivity contribution in [3.05, 3.63) is 75.8 Å². The molecule has 1 aromatic carbocycles. The molecule has 4 rings (SSSR count). The highest BCUT2D eigenvalue weighted by Gasteiger charge is 2.38. The molecule has 0 spiro atoms. The largest absolute Gasteiger partial charge is 0.501 e. The van der Waals surface area contributed by atoms with E-state index in [4.69, 9.17) is 14.2 Å². The standard InChI is InChI=1S/C34H48N2O4/c1-8-13-36-16-15-35(23-25-17-24(2)18-29(19-25)39-6)14-9-10-26-22-34(3,4)32-27(21-30(26)33(36)37)20-28(38-5)11-12-31(32)40-7/h12,17-20,22,30H,8-11,13-16,21,23H2,1-7H3. The van der Waals surface area contributed by atoms with E-state index < -0.39 is 0 Å². The Labute approximate surface area is 241 Å². The fourth-order valence-electron chi connectivity index (χ4n) is 6.63. The van der Waals surface area contributed by atoms with Gasteiger partial charge < -0.3 is 19.1 Å². The number of allylic oxidation sites excluding steroid dienone is 5. The molecule has 1 fully saturated rings. The predicted molar refractivity (Wildman–Crippen MR) is 161 cm³/mol. The molecule has 1 aromatic rings. The lowest BCUT2D eigenvalue weighted by atomic mass is 9.79. The Kier molecular flexibility index (Phi) is 9.83. The molecule has 2 aliphatic carbocycles. The van der Waals surface area contributed by atoms with Crippen molar-refractivity contribution in [3.63, 3.8) is 0 Å². The van der Waals surface area contributed by atoms with Gasteiger partial charge in [-0.15, -0.1) is 0 Å². The van der Waals surface area contributed by atoms with Gasteiger partial charge >= 0.3 is 0 Å². The molecule has 1 heterocycles. The van der Waals surface area contributed by atoms with Crippen LogP contribution in [0.5, 0.6) is 5.75 Å². The summed E-state index contributed by atoms with van der Waals surface area (Å²) in [6.07, 6.45) is 10.9. The fourth-order valence-corrected chi connectivity index (χ4v) is 6.63. The van der Waals surface area contributed by atoms with Crippen LogP contribution in [0.15, 0.2) is 64.7 Å². The minimum atomic E-state index is -0.279. The molecule has 6 heteroatoms. The van der Waals surface area contributed by atoms with Crippen molar-refractivity contribution in [1.82, 2.24) is 9.80 Å². The number of methoxy groups -OCH3 is 3. The second-order valence-corrected chi connectivity index (χ2v) is 12.0. The first-order valence-electron chi connectivity index (χ1n) is 14.8. The van der Waals surface area contributed by atoms with Gasteiger partial charge in [0.25, 0.3) is 0 Å². The van der Waals surface area contributed by atoms with E-state index >= 15 is 0 Å². The first-order chi connectivity index (χ1) is 19.2. The summed E-state index contributed by atoms with van der Waals surface area (Å²) < 4.78 is 17.2. The van der Waals surface area contributed by atoms with Gasteiger partial charge in [-0.3, -0.25) is 9.69 Å². The van der Waals surface area contributed by atoms with Crippen LogP contribution in [0, 0.1) is 18.3 Å². The first kappa shape index (κ1) is 30.0. The van der Waals surface area contributed by atoms with Crippen LogP contribution in [0.3, 0.4) is 0 Å². The third-order valence-corrected chi connectivity index (χ3v) is 8.42. The number of carbonyl (C=O) groups excluding carboxylic acids is 1. The second-order valence-electron chi connectivity index (χ2n) is 12.0. The number of hydrogen-bond donors (Lipinski definition) is 0. The van der Waals surface area contributed by atoms with Gasteiger partial charge in [-0.2, -0.15) is 0 Å². The van der Waals surface area contributed by atoms with Crippen molar-refractivity contribution in [2.75, 3.05) is 47.5 Å². The number of hydrogen-bond acceptors (Lipinski definition) is 5. The fraction of sp³-hybridized carbons (Fsp3) is 0.559. The van der Waals surface area contributed by atoms with E-state index in [2.05, 4.69) is 73.9 Å². The van der Waals surface area contributed by atoms with Gasteiger partial charge in [-0.1, -0.05) is 38.5 Å². The minimum absolute atomic E-state index is 0.170. The van der Waals surface area contributed by atoms with Crippen molar-refractivity contribution in [2.45, 2.75) is 66.3 Å². The zero-order valence-electron chi connectivity index (χ0n) is 25.6. The Morgan fingerprint density at radius 1 is 1.02 bits per heavy atom. The van der Waals surface area contributed by atoms with Crippen LogP contribution in [0.4, 0.5) is 0 Å². The minimum Gasteiger partial charge on any atom is -0.501 e. The number of benzene rings is 1. The normalized spacial score (nSPS) is 22.2. The molecule has 1 saturated heterocycles. The van der Waals surface area contributed by atoms with Crippen LogP contribution in [0.1, 0.15) is 64.0 Å². The quantitative estimate of drug-likeness (QED) is 0.361. The molecule has 1 atom stereocenters. The van der Waals surface area contributed by atoms with Crippen molar-refractivity contribution in [1.29, 1.82) is 0 Å². The third kappa shape index (κ3) is 6.83. The summed E-state index contributed by atoms with van der Waals surface area (Å²) in [5, 5.41) is 0. The van der Waals surface area contributed by atoms with Gasteiger partial charge in [-0.25, -0.2) is 0 Å². The molecule has 3 aliphatic rings. The molecule has 0 radical (unpaired) electrons. The number of rotatable bonds is 7. The highest BCUT2D eigenvalue weighted by Crippen LogP contribution is 2.46. The number of nitrogens with zero attached hydrogens (tertiary/aromatic N) is 2. The number of carbonyl (C=O) groups is 1. The molecule has 0 aromatic heterocycles. The molecule has 0 bridgehead atoms. The highest BCUT2D eigenvalue weighted by atomic mass is 16.5. The number of aryl methyl sites for hydroxylation is 1. The van der Waals surface area contributed by atoms with Crippen LogP contribution >= 0.6 is 0 Å². The molecule has 0 saturated carbocycles. The van der Waals surface area contributed by atoms with Crippen LogP contribution in [-0.4, -0.2) is 63.2 Å². The summed E-state index contributed by atoms with van der Waals surface area (Å²) in [6.45, 7) is 13.0. The van der Waals surface area contributed by atoms with Crippen molar-refractivity contribution < 1.29 is 19.0 Å². The summed E-state index contributed by atoms with van der Waals surface area (Å²) in [6, 6.07) is 6.44. The zero-order chi connectivity index (χ0) is 28.9. The van der Waals surface area contributed by atoms with Crippen LogP contribution in [0.25, 0.3) is 0 Å². The van der Waals surface area contributed by atoms with E-state index in [-0.39, 0.29) is 17.2 Å². The van der Waals surface area contributed by atoms with Crippen molar-refractivity contribution in [3.8, 4) is 5.75 Å². The molecular formula is C34H48N2O4. The molecule has 1 unspecified atom stereocenters. The van der Waals surface area contributed by atoms with Gasteiger partial charge in [0.2, 0.25) is 5.91 Å². The van der Waals surface area contributed by atoms with E-state index in [0.717, 1.165) is 74.8 Å². The average molecular weight is 549 g/mol. The molecule has 218 valence electrons. The smallest absolute Gasteiger partial charge is 0.230 e. The maximum atomic E-state index is 14.3. The maximum absolute atomic E-state index is 14.3. The molecule has 0 N–H and O–H groups in total. The maximum Gasteiger partial charge on any atom is 0.230 e. The highest BCUT2D eigenvalue weighted by molar-refractivity contribution is 5.83. The summed E-state index contributed by atoms with van der Waals surface area (Å²) in [5.41, 5.74) is 5.75. The average Bonchev–Trinajstić information content (AvgIpc) is 3.17. The van der Waals surface area contributed by atoms with Gasteiger partial charge in [0.05, 0.1) is 33.0 Å². The van der Waals surface area contributed by atoms with Gasteiger partial charge in [0.1, 0.15) is 11.5 Å². The lowest BCUT2D eigenvalue weighted by Crippen LogP contribution is -2.43.